The van der Waals surface area contributed by atoms with Gasteiger partial charge < -0.3 is 15.8 Å². The van der Waals surface area contributed by atoms with Gasteiger partial charge in [-0.15, -0.1) is 0 Å². The first kappa shape index (κ1) is 14.8. The molecule has 0 fully saturated rings. The molecule has 1 atom stereocenters. The molecule has 0 aliphatic carbocycles. The second kappa shape index (κ2) is 7.24. The predicted molar refractivity (Wildman–Crippen MR) is 74.1 cm³/mol. The summed E-state index contributed by atoms with van der Waals surface area (Å²) in [5.41, 5.74) is 6.35. The van der Waals surface area contributed by atoms with Crippen molar-refractivity contribution in [1.82, 2.24) is 0 Å². The van der Waals surface area contributed by atoms with Gasteiger partial charge in [0.2, 0.25) is 5.91 Å². The Kier molecular flexibility index (Phi) is 5.95. The number of amides is 1. The maximum absolute atomic E-state index is 11.7. The van der Waals surface area contributed by atoms with Crippen molar-refractivity contribution in [3.8, 4) is 5.75 Å². The van der Waals surface area contributed by atoms with Crippen molar-refractivity contribution >= 4 is 23.2 Å². The molecule has 0 radical (unpaired) electrons. The van der Waals surface area contributed by atoms with E-state index in [0.29, 0.717) is 29.5 Å². The first-order chi connectivity index (χ1) is 8.58. The first-order valence-corrected chi connectivity index (χ1v) is 6.45. The van der Waals surface area contributed by atoms with Gasteiger partial charge in [0.1, 0.15) is 5.75 Å². The minimum atomic E-state index is -0.486. The Morgan fingerprint density at radius 1 is 1.50 bits per heavy atom. The highest BCUT2D eigenvalue weighted by Gasteiger charge is 2.13. The van der Waals surface area contributed by atoms with E-state index in [1.54, 1.807) is 18.2 Å². The number of anilines is 1. The number of nitrogens with two attached hydrogens (primary N) is 1. The molecule has 5 heteroatoms. The van der Waals surface area contributed by atoms with Crippen LogP contribution >= 0.6 is 11.6 Å². The summed E-state index contributed by atoms with van der Waals surface area (Å²) in [4.78, 5) is 11.7. The molecule has 0 aromatic heterocycles. The summed E-state index contributed by atoms with van der Waals surface area (Å²) >= 11 is 6.02. The molecule has 3 N–H and O–H groups in total. The fraction of sp³-hybridized carbons (Fsp3) is 0.462. The topological polar surface area (TPSA) is 64.4 Å². The minimum Gasteiger partial charge on any atom is -0.492 e. The Morgan fingerprint density at radius 3 is 2.78 bits per heavy atom. The van der Waals surface area contributed by atoms with Crippen LogP contribution < -0.4 is 15.8 Å². The fourth-order valence-corrected chi connectivity index (χ4v) is 1.76. The van der Waals surface area contributed by atoms with E-state index in [1.165, 1.54) is 0 Å². The number of halogens is 1. The maximum atomic E-state index is 11.7. The van der Waals surface area contributed by atoms with Crippen molar-refractivity contribution in [3.63, 3.8) is 0 Å². The second-order valence-corrected chi connectivity index (χ2v) is 4.37. The lowest BCUT2D eigenvalue weighted by molar-refractivity contribution is -0.117. The number of benzene rings is 1. The average Bonchev–Trinajstić information content (AvgIpc) is 2.33. The largest absolute Gasteiger partial charge is 0.492 e. The zero-order chi connectivity index (χ0) is 13.5. The van der Waals surface area contributed by atoms with E-state index in [0.717, 1.165) is 6.42 Å². The molecule has 0 unspecified atom stereocenters. The standard InChI is InChI=1S/C13H19ClN2O2/c1-3-5-11(15)13(17)16-9-6-7-12(18-4-2)10(14)8-9/h6-8,11H,3-5,15H2,1-2H3,(H,16,17)/t11-/m0/s1. The first-order valence-electron chi connectivity index (χ1n) is 6.07. The third-order valence-electron chi connectivity index (χ3n) is 2.44. The van der Waals surface area contributed by atoms with Gasteiger partial charge in [-0.3, -0.25) is 4.79 Å². The SMILES string of the molecule is CCC[C@H](N)C(=O)Nc1ccc(OCC)c(Cl)c1. The number of hydrogen-bond donors (Lipinski definition) is 2. The summed E-state index contributed by atoms with van der Waals surface area (Å²) in [5.74, 6) is 0.409. The van der Waals surface area contributed by atoms with Crippen LogP contribution in [-0.2, 0) is 4.79 Å². The summed E-state index contributed by atoms with van der Waals surface area (Å²) in [6, 6.07) is 4.64. The third-order valence-corrected chi connectivity index (χ3v) is 2.73. The van der Waals surface area contributed by atoms with E-state index in [1.807, 2.05) is 13.8 Å². The number of ether oxygens (including phenoxy) is 1. The number of carbonyl (C=O) groups is 1. The van der Waals surface area contributed by atoms with Crippen molar-refractivity contribution in [3.05, 3.63) is 23.2 Å². The molecule has 0 aliphatic rings. The van der Waals surface area contributed by atoms with Crippen LogP contribution in [0.15, 0.2) is 18.2 Å². The summed E-state index contributed by atoms with van der Waals surface area (Å²) in [5, 5.41) is 3.20. The van der Waals surface area contributed by atoms with Crippen LogP contribution in [0.5, 0.6) is 5.75 Å². The molecule has 1 aromatic carbocycles. The van der Waals surface area contributed by atoms with Crippen LogP contribution in [0.1, 0.15) is 26.7 Å². The minimum absolute atomic E-state index is 0.197. The molecular weight excluding hydrogens is 252 g/mol. The van der Waals surface area contributed by atoms with Gasteiger partial charge in [0.05, 0.1) is 17.7 Å². The van der Waals surface area contributed by atoms with Crippen molar-refractivity contribution in [2.75, 3.05) is 11.9 Å². The Labute approximate surface area is 112 Å². The normalized spacial score (nSPS) is 12.0. The quantitative estimate of drug-likeness (QED) is 0.835. The molecule has 1 amide bonds. The highest BCUT2D eigenvalue weighted by Crippen LogP contribution is 2.27. The van der Waals surface area contributed by atoms with Crippen molar-refractivity contribution in [2.45, 2.75) is 32.7 Å². The zero-order valence-corrected chi connectivity index (χ0v) is 11.5. The van der Waals surface area contributed by atoms with Crippen molar-refractivity contribution in [1.29, 1.82) is 0 Å². The molecule has 100 valence electrons. The third kappa shape index (κ3) is 4.20. The lowest BCUT2D eigenvalue weighted by Gasteiger charge is -2.12. The smallest absolute Gasteiger partial charge is 0.241 e. The molecular formula is C13H19ClN2O2. The van der Waals surface area contributed by atoms with Gasteiger partial charge in [-0.05, 0) is 31.5 Å². The summed E-state index contributed by atoms with van der Waals surface area (Å²) in [6.45, 7) is 4.42. The van der Waals surface area contributed by atoms with Gasteiger partial charge in [0.25, 0.3) is 0 Å². The Hall–Kier alpha value is -1.26. The number of rotatable bonds is 6. The highest BCUT2D eigenvalue weighted by molar-refractivity contribution is 6.32. The van der Waals surface area contributed by atoms with Crippen molar-refractivity contribution < 1.29 is 9.53 Å². The fourth-order valence-electron chi connectivity index (χ4n) is 1.53. The highest BCUT2D eigenvalue weighted by atomic mass is 35.5. The van der Waals surface area contributed by atoms with Crippen LogP contribution in [0, 0.1) is 0 Å². The van der Waals surface area contributed by atoms with Gasteiger partial charge in [-0.2, -0.15) is 0 Å². The van der Waals surface area contributed by atoms with Crippen LogP contribution in [-0.4, -0.2) is 18.6 Å². The monoisotopic (exact) mass is 270 g/mol. The molecule has 0 heterocycles. The Balaban J connectivity index is 2.68. The summed E-state index contributed by atoms with van der Waals surface area (Å²) < 4.78 is 5.31. The summed E-state index contributed by atoms with van der Waals surface area (Å²) in [7, 11) is 0. The molecule has 1 rings (SSSR count). The lowest BCUT2D eigenvalue weighted by atomic mass is 10.1. The Morgan fingerprint density at radius 2 is 2.22 bits per heavy atom. The van der Waals surface area contributed by atoms with E-state index in [4.69, 9.17) is 22.1 Å². The van der Waals surface area contributed by atoms with Gasteiger partial charge in [0.15, 0.2) is 0 Å². The predicted octanol–water partition coefficient (Wildman–Crippen LogP) is 2.80. The van der Waals surface area contributed by atoms with Crippen LogP contribution in [0.3, 0.4) is 0 Å². The molecule has 0 saturated carbocycles. The number of nitrogens with one attached hydrogen (secondary N) is 1. The van der Waals surface area contributed by atoms with E-state index in [2.05, 4.69) is 5.32 Å². The van der Waals surface area contributed by atoms with Gasteiger partial charge in [0, 0.05) is 5.69 Å². The molecule has 0 bridgehead atoms. The zero-order valence-electron chi connectivity index (χ0n) is 10.7. The molecule has 1 aromatic rings. The maximum Gasteiger partial charge on any atom is 0.241 e. The van der Waals surface area contributed by atoms with Gasteiger partial charge in [-0.1, -0.05) is 24.9 Å². The van der Waals surface area contributed by atoms with Crippen LogP contribution in [0.25, 0.3) is 0 Å². The second-order valence-electron chi connectivity index (χ2n) is 3.96. The van der Waals surface area contributed by atoms with Gasteiger partial charge >= 0.3 is 0 Å². The Bertz CT molecular complexity index is 410. The lowest BCUT2D eigenvalue weighted by Crippen LogP contribution is -2.35. The molecule has 0 aliphatic heterocycles. The van der Waals surface area contributed by atoms with E-state index >= 15 is 0 Å². The molecule has 0 spiro atoms. The van der Waals surface area contributed by atoms with E-state index < -0.39 is 6.04 Å². The van der Waals surface area contributed by atoms with E-state index in [-0.39, 0.29) is 5.91 Å². The van der Waals surface area contributed by atoms with Gasteiger partial charge in [-0.25, -0.2) is 0 Å². The van der Waals surface area contributed by atoms with E-state index in [9.17, 15) is 4.79 Å². The number of carbonyl (C=O) groups excluding carboxylic acids is 1. The molecule has 4 nitrogen and oxygen atoms in total. The summed E-state index contributed by atoms with van der Waals surface area (Å²) in [6.07, 6.45) is 1.54. The molecule has 18 heavy (non-hydrogen) atoms. The van der Waals surface area contributed by atoms with Crippen molar-refractivity contribution in [2.24, 2.45) is 5.73 Å². The average molecular weight is 271 g/mol. The number of hydrogen-bond acceptors (Lipinski definition) is 3. The molecule has 0 saturated heterocycles. The van der Waals surface area contributed by atoms with Crippen LogP contribution in [0.4, 0.5) is 5.69 Å². The van der Waals surface area contributed by atoms with Crippen LogP contribution in [0.2, 0.25) is 5.02 Å².